The molecule has 0 saturated heterocycles. The Labute approximate surface area is 189 Å². The van der Waals surface area contributed by atoms with Crippen LogP contribution in [0.4, 0.5) is 5.69 Å². The summed E-state index contributed by atoms with van der Waals surface area (Å²) in [4.78, 5) is 27.4. The molecule has 1 N–H and O–H groups in total. The summed E-state index contributed by atoms with van der Waals surface area (Å²) >= 11 is 6.30. The summed E-state index contributed by atoms with van der Waals surface area (Å²) in [6, 6.07) is 12.4. The quantitative estimate of drug-likeness (QED) is 0.490. The van der Waals surface area contributed by atoms with E-state index >= 15 is 0 Å². The van der Waals surface area contributed by atoms with Gasteiger partial charge in [0.2, 0.25) is 0 Å². The maximum absolute atomic E-state index is 13.4. The average molecular weight is 451 g/mol. The van der Waals surface area contributed by atoms with Crippen LogP contribution in [0.2, 0.25) is 5.02 Å². The van der Waals surface area contributed by atoms with Gasteiger partial charge in [0.25, 0.3) is 11.5 Å². The third kappa shape index (κ3) is 3.78. The Morgan fingerprint density at radius 1 is 1.19 bits per heavy atom. The normalized spacial score (nSPS) is 11.3. The highest BCUT2D eigenvalue weighted by atomic mass is 35.5. The Morgan fingerprint density at radius 2 is 1.97 bits per heavy atom. The summed E-state index contributed by atoms with van der Waals surface area (Å²) in [5.41, 5.74) is 3.50. The molecule has 1 amide bonds. The van der Waals surface area contributed by atoms with Crippen LogP contribution in [0.3, 0.4) is 0 Å². The molecule has 32 heavy (non-hydrogen) atoms. The van der Waals surface area contributed by atoms with Gasteiger partial charge in [0.05, 0.1) is 10.5 Å². The maximum Gasteiger partial charge on any atom is 0.258 e. The van der Waals surface area contributed by atoms with Gasteiger partial charge in [-0.2, -0.15) is 0 Å². The van der Waals surface area contributed by atoms with Gasteiger partial charge in [0, 0.05) is 41.9 Å². The number of halogens is 1. The van der Waals surface area contributed by atoms with Gasteiger partial charge in [0.1, 0.15) is 0 Å². The second kappa shape index (κ2) is 8.55. The number of nitrogens with one attached hydrogen (secondary N) is 1. The first-order valence-corrected chi connectivity index (χ1v) is 10.7. The van der Waals surface area contributed by atoms with Crippen molar-refractivity contribution in [3.05, 3.63) is 69.0 Å². The van der Waals surface area contributed by atoms with Crippen molar-refractivity contribution < 1.29 is 4.79 Å². The third-order valence-corrected chi connectivity index (χ3v) is 5.90. The first-order valence-electron chi connectivity index (χ1n) is 10.3. The van der Waals surface area contributed by atoms with Gasteiger partial charge in [-0.15, -0.1) is 5.10 Å². The summed E-state index contributed by atoms with van der Waals surface area (Å²) in [6.45, 7) is 6.58. The zero-order chi connectivity index (χ0) is 23.0. The molecule has 4 aromatic rings. The van der Waals surface area contributed by atoms with Crippen molar-refractivity contribution >= 4 is 34.1 Å². The molecule has 4 rings (SSSR count). The van der Waals surface area contributed by atoms with Crippen molar-refractivity contribution in [1.29, 1.82) is 0 Å². The van der Waals surface area contributed by atoms with E-state index < -0.39 is 0 Å². The molecule has 0 atom stereocenters. The van der Waals surface area contributed by atoms with E-state index in [4.69, 9.17) is 11.6 Å². The lowest BCUT2D eigenvalue weighted by molar-refractivity contribution is 0.0993. The fourth-order valence-corrected chi connectivity index (χ4v) is 4.04. The molecular weight excluding hydrogens is 428 g/mol. The zero-order valence-electron chi connectivity index (χ0n) is 18.3. The van der Waals surface area contributed by atoms with Crippen LogP contribution >= 0.6 is 11.6 Å². The summed E-state index contributed by atoms with van der Waals surface area (Å²) in [6.07, 6.45) is 0. The number of aromatic nitrogens is 5. The highest BCUT2D eigenvalue weighted by molar-refractivity contribution is 6.33. The molecule has 164 valence electrons. The molecule has 0 aliphatic heterocycles. The third-order valence-electron chi connectivity index (χ3n) is 5.57. The molecule has 0 bridgehead atoms. The van der Waals surface area contributed by atoms with Crippen molar-refractivity contribution in [3.63, 3.8) is 0 Å². The number of hydrogen-bond donors (Lipinski definition) is 1. The Bertz CT molecular complexity index is 1360. The Kier molecular flexibility index (Phi) is 5.80. The number of amides is 1. The van der Waals surface area contributed by atoms with Crippen molar-refractivity contribution in [3.8, 4) is 11.4 Å². The number of rotatable bonds is 5. The van der Waals surface area contributed by atoms with Gasteiger partial charge in [-0.3, -0.25) is 9.59 Å². The fourth-order valence-electron chi connectivity index (χ4n) is 3.83. The number of pyridine rings is 1. The number of aryl methyl sites for hydroxylation is 1. The first kappa shape index (κ1) is 21.7. The molecule has 0 unspecified atom stereocenters. The lowest BCUT2D eigenvalue weighted by Gasteiger charge is -2.20. The highest BCUT2D eigenvalue weighted by Gasteiger charge is 2.19. The van der Waals surface area contributed by atoms with Gasteiger partial charge >= 0.3 is 0 Å². The molecule has 0 radical (unpaired) electrons. The monoisotopic (exact) mass is 450 g/mol. The molecule has 0 aliphatic carbocycles. The van der Waals surface area contributed by atoms with Gasteiger partial charge < -0.3 is 9.47 Å². The number of hydrogen-bond acceptors (Lipinski definition) is 5. The van der Waals surface area contributed by atoms with E-state index in [1.807, 2.05) is 32.9 Å². The second-order valence-corrected chi connectivity index (χ2v) is 8.25. The summed E-state index contributed by atoms with van der Waals surface area (Å²) in [5, 5.41) is 15.1. The minimum Gasteiger partial charge on any atom is -0.311 e. The fraction of sp³-hybridized carbons (Fsp3) is 0.261. The number of anilines is 1. The zero-order valence-corrected chi connectivity index (χ0v) is 19.0. The standard InChI is InChI=1S/C23H23ClN6O2/c1-5-30-20-9-6-14(10-17(20)16(13(2)3)12-21(30)31)23(32)29(4)15-7-8-19(24)18(11-15)22-25-27-28-26-22/h6-13H,5H2,1-4H3,(H,25,26,27,28). The van der Waals surface area contributed by atoms with E-state index in [1.165, 1.54) is 0 Å². The number of nitrogens with zero attached hydrogens (tertiary/aromatic N) is 5. The number of carbonyl (C=O) groups is 1. The van der Waals surface area contributed by atoms with Crippen LogP contribution in [0.25, 0.3) is 22.3 Å². The van der Waals surface area contributed by atoms with Crippen LogP contribution in [0.1, 0.15) is 42.6 Å². The Morgan fingerprint density at radius 3 is 2.62 bits per heavy atom. The lowest BCUT2D eigenvalue weighted by Crippen LogP contribution is -2.26. The number of tetrazole rings is 1. The van der Waals surface area contributed by atoms with E-state index in [-0.39, 0.29) is 17.4 Å². The van der Waals surface area contributed by atoms with Gasteiger partial charge in [-0.05, 0) is 65.2 Å². The van der Waals surface area contributed by atoms with Crippen LogP contribution < -0.4 is 10.5 Å². The maximum atomic E-state index is 13.4. The molecule has 0 spiro atoms. The van der Waals surface area contributed by atoms with Crippen molar-refractivity contribution in [1.82, 2.24) is 25.2 Å². The minimum absolute atomic E-state index is 0.0319. The Balaban J connectivity index is 1.77. The van der Waals surface area contributed by atoms with E-state index in [1.54, 1.807) is 46.8 Å². The topological polar surface area (TPSA) is 96.8 Å². The van der Waals surface area contributed by atoms with Crippen molar-refractivity contribution in [2.45, 2.75) is 33.2 Å². The van der Waals surface area contributed by atoms with Crippen LogP contribution in [-0.4, -0.2) is 38.1 Å². The molecule has 0 aliphatic rings. The Hall–Kier alpha value is -3.52. The lowest BCUT2D eigenvalue weighted by atomic mass is 9.97. The molecule has 8 nitrogen and oxygen atoms in total. The smallest absolute Gasteiger partial charge is 0.258 e. The van der Waals surface area contributed by atoms with Crippen molar-refractivity contribution in [2.75, 3.05) is 11.9 Å². The molecule has 2 aromatic carbocycles. The largest absolute Gasteiger partial charge is 0.311 e. The molecule has 9 heteroatoms. The average Bonchev–Trinajstić information content (AvgIpc) is 3.32. The molecule has 2 heterocycles. The van der Waals surface area contributed by atoms with Crippen LogP contribution in [-0.2, 0) is 6.54 Å². The number of aromatic amines is 1. The van der Waals surface area contributed by atoms with Crippen LogP contribution in [0, 0.1) is 0 Å². The second-order valence-electron chi connectivity index (χ2n) is 7.85. The summed E-state index contributed by atoms with van der Waals surface area (Å²) < 4.78 is 1.72. The first-order chi connectivity index (χ1) is 15.3. The number of carbonyl (C=O) groups excluding carboxylic acids is 1. The minimum atomic E-state index is -0.181. The van der Waals surface area contributed by atoms with E-state index in [2.05, 4.69) is 20.6 Å². The predicted octanol–water partition coefficient (Wildman–Crippen LogP) is 4.25. The molecule has 0 fully saturated rings. The highest BCUT2D eigenvalue weighted by Crippen LogP contribution is 2.30. The predicted molar refractivity (Wildman–Crippen MR) is 125 cm³/mol. The molecule has 2 aromatic heterocycles. The van der Waals surface area contributed by atoms with Crippen LogP contribution in [0.5, 0.6) is 0 Å². The SMILES string of the molecule is CCn1c(=O)cc(C(C)C)c2cc(C(=O)N(C)c3ccc(Cl)c(-c4nnn[nH]4)c3)ccc21. The van der Waals surface area contributed by atoms with Gasteiger partial charge in [0.15, 0.2) is 5.82 Å². The van der Waals surface area contributed by atoms with E-state index in [0.29, 0.717) is 34.2 Å². The van der Waals surface area contributed by atoms with E-state index in [9.17, 15) is 9.59 Å². The number of H-pyrrole nitrogens is 1. The molecular formula is C23H23ClN6O2. The van der Waals surface area contributed by atoms with Gasteiger partial charge in [-0.25, -0.2) is 5.10 Å². The van der Waals surface area contributed by atoms with Gasteiger partial charge in [-0.1, -0.05) is 25.4 Å². The molecule has 0 saturated carbocycles. The summed E-state index contributed by atoms with van der Waals surface area (Å²) in [5.74, 6) is 0.386. The number of fused-ring (bicyclic) bond motifs is 1. The number of benzene rings is 2. The van der Waals surface area contributed by atoms with Crippen LogP contribution in [0.15, 0.2) is 47.3 Å². The van der Waals surface area contributed by atoms with E-state index in [0.717, 1.165) is 16.5 Å². The summed E-state index contributed by atoms with van der Waals surface area (Å²) in [7, 11) is 1.70. The van der Waals surface area contributed by atoms with Crippen molar-refractivity contribution in [2.24, 2.45) is 0 Å².